The van der Waals surface area contributed by atoms with Crippen molar-refractivity contribution >= 4 is 17.2 Å². The number of likely N-dealkylation sites (tertiary alicyclic amines) is 1. The fraction of sp³-hybridized carbons (Fsp3) is 0.353. The molecule has 0 spiro atoms. The van der Waals surface area contributed by atoms with Crippen LogP contribution in [0.3, 0.4) is 0 Å². The molecule has 0 saturated carbocycles. The lowest BCUT2D eigenvalue weighted by molar-refractivity contribution is -0.124. The number of carbonyl (C=O) groups is 1. The minimum absolute atomic E-state index is 0.156. The number of hydrogen-bond acceptors (Lipinski definition) is 3. The van der Waals surface area contributed by atoms with Gasteiger partial charge in [0.1, 0.15) is 0 Å². The molecule has 1 aromatic heterocycles. The quantitative estimate of drug-likeness (QED) is 0.941. The van der Waals surface area contributed by atoms with Gasteiger partial charge in [-0.25, -0.2) is 0 Å². The van der Waals surface area contributed by atoms with Crippen molar-refractivity contribution in [1.82, 2.24) is 10.2 Å². The predicted molar refractivity (Wildman–Crippen MR) is 87.2 cm³/mol. The van der Waals surface area contributed by atoms with Crippen LogP contribution >= 0.6 is 11.3 Å². The van der Waals surface area contributed by atoms with Crippen molar-refractivity contribution in [1.29, 1.82) is 0 Å². The first-order chi connectivity index (χ1) is 10.2. The summed E-state index contributed by atoms with van der Waals surface area (Å²) in [5.74, 6) is 0.345. The number of rotatable bonds is 4. The number of benzene rings is 1. The van der Waals surface area contributed by atoms with E-state index in [-0.39, 0.29) is 11.8 Å². The second-order valence-electron chi connectivity index (χ2n) is 5.60. The van der Waals surface area contributed by atoms with Crippen LogP contribution in [0, 0.1) is 5.92 Å². The van der Waals surface area contributed by atoms with Crippen molar-refractivity contribution in [3.63, 3.8) is 0 Å². The Morgan fingerprint density at radius 1 is 1.29 bits per heavy atom. The maximum absolute atomic E-state index is 12.1. The third kappa shape index (κ3) is 3.52. The third-order valence-corrected chi connectivity index (χ3v) is 5.05. The van der Waals surface area contributed by atoms with Gasteiger partial charge in [0.05, 0.1) is 12.5 Å². The summed E-state index contributed by atoms with van der Waals surface area (Å²) in [4.78, 5) is 16.8. The van der Waals surface area contributed by atoms with Gasteiger partial charge >= 0.3 is 0 Å². The molecule has 1 unspecified atom stereocenters. The average Bonchev–Trinajstić information content (AvgIpc) is 3.15. The lowest BCUT2D eigenvalue weighted by Gasteiger charge is -2.10. The molecule has 1 amide bonds. The molecule has 4 heteroatoms. The van der Waals surface area contributed by atoms with Crippen molar-refractivity contribution in [2.45, 2.75) is 13.0 Å². The molecule has 1 aliphatic rings. The first kappa shape index (κ1) is 14.3. The van der Waals surface area contributed by atoms with Gasteiger partial charge < -0.3 is 10.2 Å². The number of hydrogen-bond donors (Lipinski definition) is 1. The maximum atomic E-state index is 12.1. The molecule has 1 aromatic carbocycles. The summed E-state index contributed by atoms with van der Waals surface area (Å²) in [7, 11) is 2.07. The summed E-state index contributed by atoms with van der Waals surface area (Å²) in [6.07, 6.45) is 0.974. The van der Waals surface area contributed by atoms with Crippen LogP contribution in [0.5, 0.6) is 0 Å². The minimum Gasteiger partial charge on any atom is -0.351 e. The van der Waals surface area contributed by atoms with Gasteiger partial charge in [0.2, 0.25) is 5.91 Å². The van der Waals surface area contributed by atoms with E-state index in [0.29, 0.717) is 6.54 Å². The zero-order chi connectivity index (χ0) is 14.7. The van der Waals surface area contributed by atoms with E-state index < -0.39 is 0 Å². The molecule has 0 radical (unpaired) electrons. The first-order valence-electron chi connectivity index (χ1n) is 7.33. The van der Waals surface area contributed by atoms with Gasteiger partial charge in [-0.2, -0.15) is 0 Å². The molecule has 110 valence electrons. The predicted octanol–water partition coefficient (Wildman–Crippen LogP) is 2.98. The Morgan fingerprint density at radius 3 is 2.81 bits per heavy atom. The van der Waals surface area contributed by atoms with Crippen LogP contribution in [0.1, 0.15) is 11.3 Å². The smallest absolute Gasteiger partial charge is 0.224 e. The van der Waals surface area contributed by atoms with E-state index in [1.165, 1.54) is 15.3 Å². The van der Waals surface area contributed by atoms with Gasteiger partial charge in [-0.15, -0.1) is 11.3 Å². The standard InChI is InChI=1S/C17H20N2OS/c1-19-10-9-14(12-19)17(20)18-11-15-7-8-16(21-15)13-5-3-2-4-6-13/h2-8,14H,9-12H2,1H3,(H,18,20). The van der Waals surface area contributed by atoms with E-state index in [1.54, 1.807) is 11.3 Å². The third-order valence-electron chi connectivity index (χ3n) is 3.92. The van der Waals surface area contributed by atoms with Crippen LogP contribution in [0.25, 0.3) is 10.4 Å². The molecule has 2 heterocycles. The van der Waals surface area contributed by atoms with Crippen molar-refractivity contribution < 1.29 is 4.79 Å². The van der Waals surface area contributed by atoms with E-state index in [1.807, 2.05) is 18.2 Å². The maximum Gasteiger partial charge on any atom is 0.224 e. The van der Waals surface area contributed by atoms with Crippen molar-refractivity contribution in [3.8, 4) is 10.4 Å². The lowest BCUT2D eigenvalue weighted by atomic mass is 10.1. The summed E-state index contributed by atoms with van der Waals surface area (Å²) in [6, 6.07) is 14.6. The van der Waals surface area contributed by atoms with E-state index in [2.05, 4.69) is 41.5 Å². The second kappa shape index (κ2) is 6.41. The minimum atomic E-state index is 0.156. The van der Waals surface area contributed by atoms with Crippen LogP contribution in [-0.2, 0) is 11.3 Å². The Hall–Kier alpha value is -1.65. The van der Waals surface area contributed by atoms with Crippen LogP contribution in [0.2, 0.25) is 0 Å². The monoisotopic (exact) mass is 300 g/mol. The molecule has 0 aliphatic carbocycles. The van der Waals surface area contributed by atoms with Gasteiger partial charge in [-0.05, 0) is 37.7 Å². The van der Waals surface area contributed by atoms with Crippen molar-refractivity contribution in [2.75, 3.05) is 20.1 Å². The highest BCUT2D eigenvalue weighted by Gasteiger charge is 2.25. The van der Waals surface area contributed by atoms with Crippen LogP contribution in [0.4, 0.5) is 0 Å². The molecule has 3 nitrogen and oxygen atoms in total. The van der Waals surface area contributed by atoms with Gasteiger partial charge in [0, 0.05) is 16.3 Å². The molecule has 1 fully saturated rings. The van der Waals surface area contributed by atoms with E-state index >= 15 is 0 Å². The second-order valence-corrected chi connectivity index (χ2v) is 6.77. The molecule has 3 rings (SSSR count). The topological polar surface area (TPSA) is 32.3 Å². The van der Waals surface area contributed by atoms with Crippen LogP contribution in [-0.4, -0.2) is 30.9 Å². The Bertz CT molecular complexity index is 608. The zero-order valence-electron chi connectivity index (χ0n) is 12.2. The Kier molecular flexibility index (Phi) is 4.36. The summed E-state index contributed by atoms with van der Waals surface area (Å²) in [5.41, 5.74) is 1.23. The normalized spacial score (nSPS) is 18.8. The lowest BCUT2D eigenvalue weighted by Crippen LogP contribution is -2.31. The van der Waals surface area contributed by atoms with E-state index in [9.17, 15) is 4.79 Å². The highest BCUT2D eigenvalue weighted by atomic mass is 32.1. The van der Waals surface area contributed by atoms with E-state index in [0.717, 1.165) is 19.5 Å². The number of carbonyl (C=O) groups excluding carboxylic acids is 1. The summed E-state index contributed by atoms with van der Waals surface area (Å²) in [6.45, 7) is 2.54. The average molecular weight is 300 g/mol. The van der Waals surface area contributed by atoms with Gasteiger partial charge in [-0.3, -0.25) is 4.79 Å². The Morgan fingerprint density at radius 2 is 2.10 bits per heavy atom. The van der Waals surface area contributed by atoms with Crippen molar-refractivity contribution in [3.05, 3.63) is 47.3 Å². The fourth-order valence-electron chi connectivity index (χ4n) is 2.70. The van der Waals surface area contributed by atoms with Crippen LogP contribution in [0.15, 0.2) is 42.5 Å². The molecule has 21 heavy (non-hydrogen) atoms. The molecule has 1 saturated heterocycles. The first-order valence-corrected chi connectivity index (χ1v) is 8.14. The highest BCUT2D eigenvalue weighted by molar-refractivity contribution is 7.15. The molecule has 2 aromatic rings. The Balaban J connectivity index is 1.57. The number of amides is 1. The zero-order valence-corrected chi connectivity index (χ0v) is 13.0. The molecule has 1 N–H and O–H groups in total. The van der Waals surface area contributed by atoms with E-state index in [4.69, 9.17) is 0 Å². The summed E-state index contributed by atoms with van der Waals surface area (Å²) < 4.78 is 0. The summed E-state index contributed by atoms with van der Waals surface area (Å²) >= 11 is 1.75. The molecule has 1 atom stereocenters. The molecule has 1 aliphatic heterocycles. The number of thiophene rings is 1. The molecule has 0 bridgehead atoms. The molecular formula is C17H20N2OS. The van der Waals surface area contributed by atoms with Crippen molar-refractivity contribution in [2.24, 2.45) is 5.92 Å². The van der Waals surface area contributed by atoms with Gasteiger partial charge in [-0.1, -0.05) is 30.3 Å². The van der Waals surface area contributed by atoms with Crippen LogP contribution < -0.4 is 5.32 Å². The fourth-order valence-corrected chi connectivity index (χ4v) is 3.65. The van der Waals surface area contributed by atoms with Gasteiger partial charge in [0.15, 0.2) is 0 Å². The summed E-state index contributed by atoms with van der Waals surface area (Å²) in [5, 5.41) is 3.07. The largest absolute Gasteiger partial charge is 0.351 e. The van der Waals surface area contributed by atoms with Gasteiger partial charge in [0.25, 0.3) is 0 Å². The SMILES string of the molecule is CN1CCC(C(=O)NCc2ccc(-c3ccccc3)s2)C1. The number of nitrogens with one attached hydrogen (secondary N) is 1. The molecular weight excluding hydrogens is 280 g/mol. The number of nitrogens with zero attached hydrogens (tertiary/aromatic N) is 1. The Labute approximate surface area is 129 Å². The highest BCUT2D eigenvalue weighted by Crippen LogP contribution is 2.27.